The van der Waals surface area contributed by atoms with Crippen LogP contribution in [0, 0.1) is 12.8 Å². The highest BCUT2D eigenvalue weighted by Gasteiger charge is 2.17. The van der Waals surface area contributed by atoms with Crippen molar-refractivity contribution in [1.29, 1.82) is 0 Å². The van der Waals surface area contributed by atoms with Crippen LogP contribution in [0.2, 0.25) is 0 Å². The van der Waals surface area contributed by atoms with Gasteiger partial charge in [-0.25, -0.2) is 0 Å². The van der Waals surface area contributed by atoms with E-state index in [2.05, 4.69) is 39.8 Å². The SMILES string of the molecule is Cc1ccccc1C(CN)OC(C)C(C)C. The van der Waals surface area contributed by atoms with Crippen LogP contribution in [0.25, 0.3) is 0 Å². The highest BCUT2D eigenvalue weighted by molar-refractivity contribution is 5.28. The van der Waals surface area contributed by atoms with Crippen molar-refractivity contribution in [1.82, 2.24) is 0 Å². The van der Waals surface area contributed by atoms with Crippen molar-refractivity contribution in [3.63, 3.8) is 0 Å². The maximum absolute atomic E-state index is 6.00. The van der Waals surface area contributed by atoms with Crippen molar-refractivity contribution in [2.75, 3.05) is 6.54 Å². The zero-order valence-corrected chi connectivity index (χ0v) is 10.7. The molecule has 0 amide bonds. The van der Waals surface area contributed by atoms with E-state index in [0.29, 0.717) is 12.5 Å². The predicted octanol–water partition coefficient (Wildman–Crippen LogP) is 3.06. The molecule has 2 nitrogen and oxygen atoms in total. The first-order valence-electron chi connectivity index (χ1n) is 5.97. The van der Waals surface area contributed by atoms with E-state index in [0.717, 1.165) is 0 Å². The summed E-state index contributed by atoms with van der Waals surface area (Å²) in [7, 11) is 0. The quantitative estimate of drug-likeness (QED) is 0.829. The molecule has 2 unspecified atom stereocenters. The second-order valence-electron chi connectivity index (χ2n) is 4.67. The summed E-state index contributed by atoms with van der Waals surface area (Å²) in [4.78, 5) is 0. The van der Waals surface area contributed by atoms with Crippen molar-refractivity contribution < 1.29 is 4.74 Å². The van der Waals surface area contributed by atoms with Gasteiger partial charge in [0.2, 0.25) is 0 Å². The third-order valence-electron chi connectivity index (χ3n) is 3.07. The summed E-state index contributed by atoms with van der Waals surface area (Å²) in [5, 5.41) is 0. The first-order chi connectivity index (χ1) is 7.56. The van der Waals surface area contributed by atoms with Crippen LogP contribution in [0.3, 0.4) is 0 Å². The molecule has 1 rings (SSSR count). The zero-order valence-electron chi connectivity index (χ0n) is 10.7. The fraction of sp³-hybridized carbons (Fsp3) is 0.571. The molecule has 0 saturated heterocycles. The standard InChI is InChI=1S/C14H23NO/c1-10(2)12(4)16-14(9-15)13-8-6-5-7-11(13)3/h5-8,10,12,14H,9,15H2,1-4H3. The molecule has 16 heavy (non-hydrogen) atoms. The third-order valence-corrected chi connectivity index (χ3v) is 3.07. The number of benzene rings is 1. The first kappa shape index (κ1) is 13.2. The van der Waals surface area contributed by atoms with Gasteiger partial charge in [0.25, 0.3) is 0 Å². The van der Waals surface area contributed by atoms with Gasteiger partial charge in [0.15, 0.2) is 0 Å². The molecule has 0 radical (unpaired) electrons. The highest BCUT2D eigenvalue weighted by atomic mass is 16.5. The minimum absolute atomic E-state index is 0.0126. The van der Waals surface area contributed by atoms with Gasteiger partial charge < -0.3 is 10.5 Å². The van der Waals surface area contributed by atoms with Gasteiger partial charge in [-0.2, -0.15) is 0 Å². The lowest BCUT2D eigenvalue weighted by atomic mass is 10.0. The fourth-order valence-corrected chi connectivity index (χ4v) is 1.62. The van der Waals surface area contributed by atoms with Crippen molar-refractivity contribution in [2.45, 2.75) is 39.9 Å². The Bertz CT molecular complexity index is 322. The average molecular weight is 221 g/mol. The normalized spacial score (nSPS) is 15.1. The van der Waals surface area contributed by atoms with E-state index in [-0.39, 0.29) is 12.2 Å². The van der Waals surface area contributed by atoms with Gasteiger partial charge in [0.1, 0.15) is 0 Å². The van der Waals surface area contributed by atoms with E-state index in [1.165, 1.54) is 11.1 Å². The van der Waals surface area contributed by atoms with E-state index in [1.54, 1.807) is 0 Å². The summed E-state index contributed by atoms with van der Waals surface area (Å²) in [5.74, 6) is 0.512. The molecule has 2 atom stereocenters. The molecular weight excluding hydrogens is 198 g/mol. The molecule has 2 N–H and O–H groups in total. The Morgan fingerprint density at radius 3 is 2.31 bits per heavy atom. The first-order valence-corrected chi connectivity index (χ1v) is 5.97. The summed E-state index contributed by atoms with van der Waals surface area (Å²) < 4.78 is 6.00. The van der Waals surface area contributed by atoms with Crippen molar-refractivity contribution in [3.05, 3.63) is 35.4 Å². The Kier molecular flexibility index (Phi) is 4.97. The highest BCUT2D eigenvalue weighted by Crippen LogP contribution is 2.23. The molecule has 0 spiro atoms. The monoisotopic (exact) mass is 221 g/mol. The molecule has 1 aromatic rings. The van der Waals surface area contributed by atoms with Gasteiger partial charge >= 0.3 is 0 Å². The maximum atomic E-state index is 6.00. The van der Waals surface area contributed by atoms with E-state index < -0.39 is 0 Å². The van der Waals surface area contributed by atoms with E-state index in [4.69, 9.17) is 10.5 Å². The molecule has 90 valence electrons. The largest absolute Gasteiger partial charge is 0.369 e. The van der Waals surface area contributed by atoms with Crippen LogP contribution in [-0.2, 0) is 4.74 Å². The van der Waals surface area contributed by atoms with Gasteiger partial charge in [-0.1, -0.05) is 38.1 Å². The van der Waals surface area contributed by atoms with Crippen LogP contribution in [0.1, 0.15) is 38.0 Å². The van der Waals surface area contributed by atoms with Crippen LogP contribution in [0.5, 0.6) is 0 Å². The van der Waals surface area contributed by atoms with Crippen LogP contribution in [0.15, 0.2) is 24.3 Å². The molecule has 0 bridgehead atoms. The predicted molar refractivity (Wildman–Crippen MR) is 68.4 cm³/mol. The van der Waals surface area contributed by atoms with Crippen molar-refractivity contribution in [3.8, 4) is 0 Å². The fourth-order valence-electron chi connectivity index (χ4n) is 1.62. The number of rotatable bonds is 5. The molecule has 1 aromatic carbocycles. The number of hydrogen-bond acceptors (Lipinski definition) is 2. The Hall–Kier alpha value is -0.860. The molecule has 0 saturated carbocycles. The summed E-state index contributed by atoms with van der Waals surface area (Å²) in [5.41, 5.74) is 8.25. The van der Waals surface area contributed by atoms with E-state index >= 15 is 0 Å². The maximum Gasteiger partial charge on any atom is 0.0953 e. The van der Waals surface area contributed by atoms with E-state index in [1.807, 2.05) is 12.1 Å². The topological polar surface area (TPSA) is 35.2 Å². The molecule has 0 heterocycles. The summed E-state index contributed by atoms with van der Waals surface area (Å²) in [6, 6.07) is 8.27. The lowest BCUT2D eigenvalue weighted by Gasteiger charge is -2.25. The summed E-state index contributed by atoms with van der Waals surface area (Å²) in [6.45, 7) is 9.06. The lowest BCUT2D eigenvalue weighted by molar-refractivity contribution is -0.0223. The summed E-state index contributed by atoms with van der Waals surface area (Å²) in [6.07, 6.45) is 0.242. The van der Waals surface area contributed by atoms with Crippen LogP contribution in [0.4, 0.5) is 0 Å². The third kappa shape index (κ3) is 3.32. The molecular formula is C14H23NO. The lowest BCUT2D eigenvalue weighted by Crippen LogP contribution is -2.24. The van der Waals surface area contributed by atoms with E-state index in [9.17, 15) is 0 Å². The second-order valence-corrected chi connectivity index (χ2v) is 4.67. The Morgan fingerprint density at radius 2 is 1.81 bits per heavy atom. The minimum Gasteiger partial charge on any atom is -0.369 e. The second kappa shape index (κ2) is 6.02. The average Bonchev–Trinajstić information content (AvgIpc) is 2.26. The number of nitrogens with two attached hydrogens (primary N) is 1. The molecule has 0 aliphatic carbocycles. The molecule has 0 aliphatic rings. The van der Waals surface area contributed by atoms with Gasteiger partial charge in [0.05, 0.1) is 12.2 Å². The Balaban J connectivity index is 2.79. The van der Waals surface area contributed by atoms with Crippen LogP contribution < -0.4 is 5.73 Å². The number of aryl methyl sites for hydroxylation is 1. The molecule has 2 heteroatoms. The van der Waals surface area contributed by atoms with Gasteiger partial charge in [-0.15, -0.1) is 0 Å². The molecule has 0 aromatic heterocycles. The van der Waals surface area contributed by atoms with Gasteiger partial charge in [-0.3, -0.25) is 0 Å². The Labute approximate surface area is 98.8 Å². The molecule has 0 aliphatic heterocycles. The van der Waals surface area contributed by atoms with Crippen molar-refractivity contribution in [2.24, 2.45) is 11.7 Å². The van der Waals surface area contributed by atoms with Crippen LogP contribution >= 0.6 is 0 Å². The molecule has 0 fully saturated rings. The Morgan fingerprint density at radius 1 is 1.19 bits per heavy atom. The number of hydrogen-bond donors (Lipinski definition) is 1. The number of ether oxygens (including phenoxy) is 1. The minimum atomic E-state index is 0.0126. The van der Waals surface area contributed by atoms with Gasteiger partial charge in [-0.05, 0) is 30.9 Å². The van der Waals surface area contributed by atoms with Gasteiger partial charge in [0, 0.05) is 6.54 Å². The van der Waals surface area contributed by atoms with Crippen molar-refractivity contribution >= 4 is 0 Å². The smallest absolute Gasteiger partial charge is 0.0953 e. The summed E-state index contributed by atoms with van der Waals surface area (Å²) >= 11 is 0. The van der Waals surface area contributed by atoms with Crippen LogP contribution in [-0.4, -0.2) is 12.6 Å². The zero-order chi connectivity index (χ0) is 12.1.